The zero-order valence-electron chi connectivity index (χ0n) is 12.8. The fourth-order valence-electron chi connectivity index (χ4n) is 3.86. The first-order chi connectivity index (χ1) is 9.02. The van der Waals surface area contributed by atoms with Crippen LogP contribution in [0.5, 0.6) is 0 Å². The highest BCUT2D eigenvalue weighted by molar-refractivity contribution is 5.38. The minimum Gasteiger partial charge on any atom is -0.271 e. The van der Waals surface area contributed by atoms with Gasteiger partial charge in [-0.2, -0.15) is 0 Å². The Labute approximate surface area is 117 Å². The molecule has 2 rings (SSSR count). The number of hydrogen-bond donors (Lipinski definition) is 2. The van der Waals surface area contributed by atoms with E-state index in [1.807, 2.05) is 0 Å². The van der Waals surface area contributed by atoms with Gasteiger partial charge in [0, 0.05) is 6.04 Å². The fraction of sp³-hybridized carbons (Fsp3) is 0.647. The van der Waals surface area contributed by atoms with E-state index in [1.165, 1.54) is 41.5 Å². The first-order valence-electron chi connectivity index (χ1n) is 7.55. The van der Waals surface area contributed by atoms with Gasteiger partial charge < -0.3 is 0 Å². The summed E-state index contributed by atoms with van der Waals surface area (Å²) in [6.45, 7) is 8.99. The summed E-state index contributed by atoms with van der Waals surface area (Å²) < 4.78 is 0. The zero-order valence-corrected chi connectivity index (χ0v) is 12.8. The van der Waals surface area contributed by atoms with Crippen molar-refractivity contribution in [3.63, 3.8) is 0 Å². The lowest BCUT2D eigenvalue weighted by atomic mass is 9.84. The monoisotopic (exact) mass is 260 g/mol. The molecule has 0 heterocycles. The van der Waals surface area contributed by atoms with Crippen LogP contribution in [-0.4, -0.2) is 6.04 Å². The van der Waals surface area contributed by atoms with Gasteiger partial charge in [-0.25, -0.2) is 0 Å². The number of hydrazine groups is 1. The molecule has 0 saturated heterocycles. The summed E-state index contributed by atoms with van der Waals surface area (Å²) in [5.74, 6) is 7.37. The maximum atomic E-state index is 5.84. The van der Waals surface area contributed by atoms with Gasteiger partial charge in [-0.05, 0) is 62.1 Å². The Balaban J connectivity index is 2.19. The van der Waals surface area contributed by atoms with E-state index in [0.717, 1.165) is 18.3 Å². The van der Waals surface area contributed by atoms with Crippen molar-refractivity contribution in [1.29, 1.82) is 0 Å². The molecular formula is C17H28N2. The summed E-state index contributed by atoms with van der Waals surface area (Å²) in [5, 5.41) is 0. The molecule has 0 amide bonds. The molecule has 0 bridgehead atoms. The zero-order chi connectivity index (χ0) is 14.0. The quantitative estimate of drug-likeness (QED) is 0.643. The first-order valence-corrected chi connectivity index (χ1v) is 7.55. The Morgan fingerprint density at radius 1 is 1.21 bits per heavy atom. The summed E-state index contributed by atoms with van der Waals surface area (Å²) >= 11 is 0. The number of aryl methyl sites for hydroxylation is 3. The predicted molar refractivity (Wildman–Crippen MR) is 82.0 cm³/mol. The Morgan fingerprint density at radius 2 is 1.84 bits per heavy atom. The highest BCUT2D eigenvalue weighted by Gasteiger charge is 2.30. The Morgan fingerprint density at radius 3 is 2.32 bits per heavy atom. The normalized spacial score (nSPS) is 24.7. The lowest BCUT2D eigenvalue weighted by Gasteiger charge is -2.27. The number of rotatable bonds is 4. The highest BCUT2D eigenvalue weighted by atomic mass is 15.2. The van der Waals surface area contributed by atoms with Crippen LogP contribution in [0.25, 0.3) is 0 Å². The van der Waals surface area contributed by atoms with Gasteiger partial charge in [0.2, 0.25) is 0 Å². The average molecular weight is 260 g/mol. The smallest absolute Gasteiger partial charge is 0.0281 e. The highest BCUT2D eigenvalue weighted by Crippen LogP contribution is 2.35. The average Bonchev–Trinajstić information content (AvgIpc) is 2.75. The molecule has 1 aromatic rings. The minimum atomic E-state index is 0.414. The van der Waals surface area contributed by atoms with Crippen LogP contribution in [0.3, 0.4) is 0 Å². The molecule has 2 nitrogen and oxygen atoms in total. The van der Waals surface area contributed by atoms with Crippen molar-refractivity contribution >= 4 is 0 Å². The molecule has 0 aliphatic heterocycles. The van der Waals surface area contributed by atoms with Gasteiger partial charge in [0.05, 0.1) is 0 Å². The van der Waals surface area contributed by atoms with Gasteiger partial charge in [0.25, 0.3) is 0 Å². The molecule has 1 aliphatic rings. The van der Waals surface area contributed by atoms with Gasteiger partial charge in [-0.15, -0.1) is 0 Å². The molecule has 2 heteroatoms. The molecular weight excluding hydrogens is 232 g/mol. The van der Waals surface area contributed by atoms with Crippen molar-refractivity contribution in [3.05, 3.63) is 34.4 Å². The van der Waals surface area contributed by atoms with Crippen molar-refractivity contribution in [3.8, 4) is 0 Å². The Bertz CT molecular complexity index is 416. The lowest BCUT2D eigenvalue weighted by Crippen LogP contribution is -2.43. The molecule has 3 N–H and O–H groups in total. The van der Waals surface area contributed by atoms with Crippen molar-refractivity contribution in [2.75, 3.05) is 0 Å². The van der Waals surface area contributed by atoms with Crippen LogP contribution in [0.2, 0.25) is 0 Å². The van der Waals surface area contributed by atoms with Gasteiger partial charge in [0.15, 0.2) is 0 Å². The fourth-order valence-corrected chi connectivity index (χ4v) is 3.86. The topological polar surface area (TPSA) is 38.0 Å². The van der Waals surface area contributed by atoms with Crippen LogP contribution in [0.15, 0.2) is 12.1 Å². The molecule has 1 fully saturated rings. The number of benzene rings is 1. The van der Waals surface area contributed by atoms with Crippen molar-refractivity contribution in [2.45, 2.75) is 59.4 Å². The van der Waals surface area contributed by atoms with Gasteiger partial charge >= 0.3 is 0 Å². The largest absolute Gasteiger partial charge is 0.271 e. The van der Waals surface area contributed by atoms with Crippen LogP contribution in [0, 0.1) is 32.6 Å². The maximum Gasteiger partial charge on any atom is 0.0281 e. The van der Waals surface area contributed by atoms with Crippen molar-refractivity contribution in [1.82, 2.24) is 5.43 Å². The molecule has 3 unspecified atom stereocenters. The van der Waals surface area contributed by atoms with Crippen molar-refractivity contribution in [2.24, 2.45) is 17.7 Å². The summed E-state index contributed by atoms with van der Waals surface area (Å²) in [6, 6.07) is 4.99. The van der Waals surface area contributed by atoms with E-state index in [9.17, 15) is 0 Å². The number of nitrogens with one attached hydrogen (secondary N) is 1. The minimum absolute atomic E-state index is 0.414. The molecule has 0 radical (unpaired) electrons. The maximum absolute atomic E-state index is 5.84. The summed E-state index contributed by atoms with van der Waals surface area (Å²) in [6.07, 6.45) is 5.09. The van der Waals surface area contributed by atoms with Crippen LogP contribution in [0.4, 0.5) is 0 Å². The molecule has 106 valence electrons. The molecule has 19 heavy (non-hydrogen) atoms. The summed E-state index contributed by atoms with van der Waals surface area (Å²) in [4.78, 5) is 0. The molecule has 0 aromatic heterocycles. The van der Waals surface area contributed by atoms with E-state index >= 15 is 0 Å². The van der Waals surface area contributed by atoms with Crippen LogP contribution in [-0.2, 0) is 6.42 Å². The van der Waals surface area contributed by atoms with E-state index in [4.69, 9.17) is 5.84 Å². The van der Waals surface area contributed by atoms with Crippen LogP contribution < -0.4 is 11.3 Å². The second-order valence-electron chi connectivity index (χ2n) is 6.43. The van der Waals surface area contributed by atoms with Crippen molar-refractivity contribution < 1.29 is 0 Å². The summed E-state index contributed by atoms with van der Waals surface area (Å²) in [5.41, 5.74) is 8.74. The lowest BCUT2D eigenvalue weighted by molar-refractivity contribution is 0.297. The standard InChI is InChI=1S/C17H28N2/c1-11-8-13(3)16(14(4)9-11)10-17(19-18)15-7-5-6-12(15)2/h8-9,12,15,17,19H,5-7,10,18H2,1-4H3. The second-order valence-corrected chi connectivity index (χ2v) is 6.43. The van der Waals surface area contributed by atoms with Crippen LogP contribution in [0.1, 0.15) is 48.4 Å². The van der Waals surface area contributed by atoms with Crippen LogP contribution >= 0.6 is 0 Å². The molecule has 1 saturated carbocycles. The van der Waals surface area contributed by atoms with Gasteiger partial charge in [-0.3, -0.25) is 11.3 Å². The van der Waals surface area contributed by atoms with E-state index in [2.05, 4.69) is 45.3 Å². The number of nitrogens with two attached hydrogens (primary N) is 1. The summed E-state index contributed by atoms with van der Waals surface area (Å²) in [7, 11) is 0. The van der Waals surface area contributed by atoms with E-state index in [1.54, 1.807) is 0 Å². The number of hydrogen-bond acceptors (Lipinski definition) is 2. The Kier molecular flexibility index (Phi) is 4.64. The third-order valence-electron chi connectivity index (χ3n) is 4.92. The first kappa shape index (κ1) is 14.5. The molecule has 1 aromatic carbocycles. The predicted octanol–water partition coefficient (Wildman–Crippen LogP) is 3.42. The third kappa shape index (κ3) is 3.18. The molecule has 3 atom stereocenters. The van der Waals surface area contributed by atoms with Gasteiger partial charge in [0.1, 0.15) is 0 Å². The second kappa shape index (κ2) is 6.06. The van der Waals surface area contributed by atoms with E-state index in [-0.39, 0.29) is 0 Å². The molecule has 1 aliphatic carbocycles. The van der Waals surface area contributed by atoms with E-state index < -0.39 is 0 Å². The van der Waals surface area contributed by atoms with E-state index in [0.29, 0.717) is 6.04 Å². The Hall–Kier alpha value is -0.860. The van der Waals surface area contributed by atoms with Gasteiger partial charge in [-0.1, -0.05) is 37.5 Å². The molecule has 0 spiro atoms. The third-order valence-corrected chi connectivity index (χ3v) is 4.92. The SMILES string of the molecule is Cc1cc(C)c(CC(NN)C2CCCC2C)c(C)c1.